The van der Waals surface area contributed by atoms with Gasteiger partial charge in [-0.15, -0.1) is 0 Å². The van der Waals surface area contributed by atoms with E-state index in [9.17, 15) is 0 Å². The molecule has 0 bridgehead atoms. The van der Waals surface area contributed by atoms with E-state index in [0.29, 0.717) is 0 Å². The summed E-state index contributed by atoms with van der Waals surface area (Å²) >= 11 is 0. The van der Waals surface area contributed by atoms with E-state index in [2.05, 4.69) is 24.0 Å². The Bertz CT molecular complexity index is 459. The van der Waals surface area contributed by atoms with Crippen LogP contribution >= 0.6 is 0 Å². The Morgan fingerprint density at radius 1 is 1.33 bits per heavy atom. The lowest BCUT2D eigenvalue weighted by molar-refractivity contribution is 0.742. The van der Waals surface area contributed by atoms with Crippen LogP contribution in [-0.4, -0.2) is 9.55 Å². The van der Waals surface area contributed by atoms with Gasteiger partial charge in [0.15, 0.2) is 0 Å². The fourth-order valence-corrected chi connectivity index (χ4v) is 1.76. The summed E-state index contributed by atoms with van der Waals surface area (Å²) in [7, 11) is 1.96. The number of benzene rings is 1. The van der Waals surface area contributed by atoms with E-state index >= 15 is 0 Å². The highest BCUT2D eigenvalue weighted by Crippen LogP contribution is 2.21. The molecule has 0 aliphatic carbocycles. The highest BCUT2D eigenvalue weighted by Gasteiger charge is 2.13. The second-order valence-corrected chi connectivity index (χ2v) is 3.76. The minimum Gasteiger partial charge on any atom is -0.336 e. The van der Waals surface area contributed by atoms with E-state index < -0.39 is 0 Å². The topological polar surface area (TPSA) is 43.8 Å². The summed E-state index contributed by atoms with van der Waals surface area (Å²) in [5.74, 6) is 0. The van der Waals surface area contributed by atoms with Gasteiger partial charge in [0.25, 0.3) is 0 Å². The standard InChI is InChI=1S/C12H15N3/c1-9-5-3-4-6-10(9)12(13)11-7-14-8-15(11)2/h3-8,12H,13H2,1-2H3. The number of rotatable bonds is 2. The van der Waals surface area contributed by atoms with Gasteiger partial charge in [-0.2, -0.15) is 0 Å². The van der Waals surface area contributed by atoms with Gasteiger partial charge < -0.3 is 10.3 Å². The van der Waals surface area contributed by atoms with Gasteiger partial charge in [0.05, 0.1) is 24.3 Å². The maximum atomic E-state index is 6.20. The number of nitrogens with zero attached hydrogens (tertiary/aromatic N) is 2. The molecule has 0 amide bonds. The van der Waals surface area contributed by atoms with Gasteiger partial charge in [-0.05, 0) is 18.1 Å². The fraction of sp³-hybridized carbons (Fsp3) is 0.250. The predicted molar refractivity (Wildman–Crippen MR) is 60.4 cm³/mol. The van der Waals surface area contributed by atoms with Crippen molar-refractivity contribution in [2.24, 2.45) is 12.8 Å². The molecule has 0 saturated heterocycles. The first-order valence-electron chi connectivity index (χ1n) is 4.97. The zero-order valence-electron chi connectivity index (χ0n) is 9.01. The molecule has 1 aromatic carbocycles. The Labute approximate surface area is 89.6 Å². The van der Waals surface area contributed by atoms with E-state index in [4.69, 9.17) is 5.73 Å². The van der Waals surface area contributed by atoms with Gasteiger partial charge in [-0.25, -0.2) is 4.98 Å². The average molecular weight is 201 g/mol. The number of aryl methyl sites for hydroxylation is 2. The lowest BCUT2D eigenvalue weighted by atomic mass is 10.00. The van der Waals surface area contributed by atoms with E-state index in [1.165, 1.54) is 5.56 Å². The van der Waals surface area contributed by atoms with Crippen molar-refractivity contribution in [3.05, 3.63) is 53.6 Å². The third kappa shape index (κ3) is 1.78. The minimum absolute atomic E-state index is 0.0984. The summed E-state index contributed by atoms with van der Waals surface area (Å²) < 4.78 is 1.96. The number of hydrogen-bond acceptors (Lipinski definition) is 2. The summed E-state index contributed by atoms with van der Waals surface area (Å²) in [6, 6.07) is 8.07. The van der Waals surface area contributed by atoms with Crippen molar-refractivity contribution in [3.8, 4) is 0 Å². The second kappa shape index (κ2) is 3.87. The lowest BCUT2D eigenvalue weighted by Crippen LogP contribution is -2.16. The van der Waals surface area contributed by atoms with Crippen LogP contribution in [0.15, 0.2) is 36.8 Å². The summed E-state index contributed by atoms with van der Waals surface area (Å²) in [5.41, 5.74) is 9.60. The SMILES string of the molecule is Cc1ccccc1C(N)c1cncn1C. The van der Waals surface area contributed by atoms with Crippen LogP contribution in [0, 0.1) is 6.92 Å². The number of hydrogen-bond donors (Lipinski definition) is 1. The Morgan fingerprint density at radius 3 is 2.67 bits per heavy atom. The molecule has 0 radical (unpaired) electrons. The molecule has 15 heavy (non-hydrogen) atoms. The number of nitrogens with two attached hydrogens (primary N) is 1. The van der Waals surface area contributed by atoms with Gasteiger partial charge in [-0.1, -0.05) is 24.3 Å². The molecule has 0 spiro atoms. The molecule has 78 valence electrons. The zero-order valence-corrected chi connectivity index (χ0v) is 9.01. The molecule has 0 aliphatic rings. The van der Waals surface area contributed by atoms with Gasteiger partial charge in [0.1, 0.15) is 0 Å². The van der Waals surface area contributed by atoms with Crippen LogP contribution in [0.2, 0.25) is 0 Å². The molecule has 0 saturated carbocycles. The molecule has 3 heteroatoms. The molecule has 1 heterocycles. The van der Waals surface area contributed by atoms with Crippen molar-refractivity contribution < 1.29 is 0 Å². The molecular weight excluding hydrogens is 186 g/mol. The van der Waals surface area contributed by atoms with Crippen molar-refractivity contribution in [2.75, 3.05) is 0 Å². The summed E-state index contributed by atoms with van der Waals surface area (Å²) in [6.45, 7) is 2.07. The van der Waals surface area contributed by atoms with E-state index in [0.717, 1.165) is 11.3 Å². The highest BCUT2D eigenvalue weighted by molar-refractivity contribution is 5.33. The third-order valence-electron chi connectivity index (χ3n) is 2.70. The Kier molecular flexibility index (Phi) is 2.56. The molecule has 2 N–H and O–H groups in total. The van der Waals surface area contributed by atoms with Crippen molar-refractivity contribution in [1.82, 2.24) is 9.55 Å². The maximum absolute atomic E-state index is 6.20. The van der Waals surface area contributed by atoms with Crippen LogP contribution < -0.4 is 5.73 Å². The Morgan fingerprint density at radius 2 is 2.07 bits per heavy atom. The first kappa shape index (κ1) is 9.93. The van der Waals surface area contributed by atoms with Crippen LogP contribution in [0.5, 0.6) is 0 Å². The summed E-state index contributed by atoms with van der Waals surface area (Å²) in [4.78, 5) is 4.08. The molecule has 3 nitrogen and oxygen atoms in total. The largest absolute Gasteiger partial charge is 0.336 e. The normalized spacial score (nSPS) is 12.7. The van der Waals surface area contributed by atoms with Crippen LogP contribution in [0.25, 0.3) is 0 Å². The molecule has 1 aromatic heterocycles. The fourth-order valence-electron chi connectivity index (χ4n) is 1.76. The van der Waals surface area contributed by atoms with Crippen molar-refractivity contribution in [3.63, 3.8) is 0 Å². The lowest BCUT2D eigenvalue weighted by Gasteiger charge is -2.14. The Hall–Kier alpha value is -1.61. The molecule has 0 aliphatic heterocycles. The molecule has 2 aromatic rings. The van der Waals surface area contributed by atoms with Crippen LogP contribution in [0.3, 0.4) is 0 Å². The van der Waals surface area contributed by atoms with Gasteiger partial charge in [0.2, 0.25) is 0 Å². The molecule has 1 unspecified atom stereocenters. The number of imidazole rings is 1. The van der Waals surface area contributed by atoms with E-state index in [1.54, 1.807) is 6.33 Å². The quantitative estimate of drug-likeness (QED) is 0.804. The van der Waals surface area contributed by atoms with Gasteiger partial charge in [-0.3, -0.25) is 0 Å². The number of aromatic nitrogens is 2. The zero-order chi connectivity index (χ0) is 10.8. The monoisotopic (exact) mass is 201 g/mol. The smallest absolute Gasteiger partial charge is 0.0946 e. The summed E-state index contributed by atoms with van der Waals surface area (Å²) in [5, 5.41) is 0. The average Bonchev–Trinajstić information content (AvgIpc) is 2.64. The highest BCUT2D eigenvalue weighted by atomic mass is 15.0. The van der Waals surface area contributed by atoms with E-state index in [1.807, 2.05) is 29.9 Å². The van der Waals surface area contributed by atoms with Gasteiger partial charge in [0, 0.05) is 7.05 Å². The predicted octanol–water partition coefficient (Wildman–Crippen LogP) is 1.78. The summed E-state index contributed by atoms with van der Waals surface area (Å²) in [6.07, 6.45) is 3.59. The van der Waals surface area contributed by atoms with Crippen LogP contribution in [0.1, 0.15) is 22.9 Å². The maximum Gasteiger partial charge on any atom is 0.0946 e. The third-order valence-corrected chi connectivity index (χ3v) is 2.70. The van der Waals surface area contributed by atoms with Crippen molar-refractivity contribution in [2.45, 2.75) is 13.0 Å². The minimum atomic E-state index is -0.0984. The first-order valence-corrected chi connectivity index (χ1v) is 4.97. The second-order valence-electron chi connectivity index (χ2n) is 3.76. The molecular formula is C12H15N3. The van der Waals surface area contributed by atoms with Gasteiger partial charge >= 0.3 is 0 Å². The van der Waals surface area contributed by atoms with Crippen LogP contribution in [-0.2, 0) is 7.05 Å². The first-order chi connectivity index (χ1) is 7.20. The molecule has 2 rings (SSSR count). The van der Waals surface area contributed by atoms with E-state index in [-0.39, 0.29) is 6.04 Å². The molecule has 1 atom stereocenters. The van der Waals surface area contributed by atoms with Crippen LogP contribution in [0.4, 0.5) is 0 Å². The van der Waals surface area contributed by atoms with Crippen molar-refractivity contribution in [1.29, 1.82) is 0 Å². The Balaban J connectivity index is 2.41. The molecule has 0 fully saturated rings. The van der Waals surface area contributed by atoms with Crippen molar-refractivity contribution >= 4 is 0 Å².